The Bertz CT molecular complexity index is 601. The Morgan fingerprint density at radius 3 is 2.77 bits per heavy atom. The van der Waals surface area contributed by atoms with Crippen LogP contribution in [0.5, 0.6) is 0 Å². The van der Waals surface area contributed by atoms with E-state index in [9.17, 15) is 0 Å². The van der Waals surface area contributed by atoms with Crippen molar-refractivity contribution in [1.29, 1.82) is 0 Å². The summed E-state index contributed by atoms with van der Waals surface area (Å²) in [5, 5.41) is 3.50. The van der Waals surface area contributed by atoms with Gasteiger partial charge in [0, 0.05) is 25.8 Å². The van der Waals surface area contributed by atoms with E-state index in [0.717, 1.165) is 31.9 Å². The topological polar surface area (TPSA) is 28.2 Å². The molecule has 0 spiro atoms. The molecule has 1 aromatic carbocycles. The molecule has 2 aromatic rings. The third-order valence-corrected chi connectivity index (χ3v) is 4.43. The summed E-state index contributed by atoms with van der Waals surface area (Å²) in [5.41, 5.74) is 5.20. The van der Waals surface area contributed by atoms with Crippen LogP contribution in [-0.4, -0.2) is 36.1 Å². The fraction of sp³-hybridized carbons (Fsp3) is 0.421. The predicted octanol–water partition coefficient (Wildman–Crippen LogP) is 3.08. The van der Waals surface area contributed by atoms with Gasteiger partial charge in [0.2, 0.25) is 0 Å². The largest absolute Gasteiger partial charge is 0.315 e. The van der Waals surface area contributed by atoms with Crippen LogP contribution in [0.2, 0.25) is 0 Å². The van der Waals surface area contributed by atoms with Gasteiger partial charge in [-0.25, -0.2) is 0 Å². The highest BCUT2D eigenvalue weighted by molar-refractivity contribution is 5.37. The summed E-state index contributed by atoms with van der Waals surface area (Å²) in [6, 6.07) is 13.3. The molecule has 1 saturated heterocycles. The molecular weight excluding hydrogens is 270 g/mol. The molecule has 1 N–H and O–H groups in total. The van der Waals surface area contributed by atoms with Crippen LogP contribution in [0.3, 0.4) is 0 Å². The summed E-state index contributed by atoms with van der Waals surface area (Å²) in [6.07, 6.45) is 3.09. The van der Waals surface area contributed by atoms with E-state index in [-0.39, 0.29) is 6.04 Å². The van der Waals surface area contributed by atoms with Gasteiger partial charge in [-0.3, -0.25) is 9.88 Å². The van der Waals surface area contributed by atoms with Gasteiger partial charge in [-0.1, -0.05) is 29.8 Å². The molecule has 0 radical (unpaired) electrons. The predicted molar refractivity (Wildman–Crippen MR) is 91.1 cm³/mol. The molecule has 0 bridgehead atoms. The maximum absolute atomic E-state index is 4.66. The summed E-state index contributed by atoms with van der Waals surface area (Å²) < 4.78 is 0. The van der Waals surface area contributed by atoms with Gasteiger partial charge < -0.3 is 5.32 Å². The average molecular weight is 295 g/mol. The van der Waals surface area contributed by atoms with Crippen LogP contribution < -0.4 is 5.32 Å². The number of rotatable bonds is 3. The van der Waals surface area contributed by atoms with Crippen LogP contribution in [0.15, 0.2) is 42.6 Å². The Morgan fingerprint density at radius 1 is 1.09 bits per heavy atom. The minimum absolute atomic E-state index is 0.252. The lowest BCUT2D eigenvalue weighted by atomic mass is 9.95. The van der Waals surface area contributed by atoms with Crippen molar-refractivity contribution < 1.29 is 0 Å². The highest BCUT2D eigenvalue weighted by atomic mass is 15.2. The van der Waals surface area contributed by atoms with E-state index >= 15 is 0 Å². The molecule has 1 aliphatic rings. The molecule has 1 atom stereocenters. The van der Waals surface area contributed by atoms with E-state index in [1.165, 1.54) is 23.1 Å². The van der Waals surface area contributed by atoms with E-state index in [1.807, 2.05) is 12.3 Å². The molecular formula is C19H25N3. The number of aryl methyl sites for hydroxylation is 2. The molecule has 1 aromatic heterocycles. The molecule has 3 heteroatoms. The van der Waals surface area contributed by atoms with E-state index in [1.54, 1.807) is 0 Å². The van der Waals surface area contributed by atoms with E-state index in [2.05, 4.69) is 59.4 Å². The van der Waals surface area contributed by atoms with Crippen molar-refractivity contribution in [2.24, 2.45) is 0 Å². The van der Waals surface area contributed by atoms with E-state index in [0.29, 0.717) is 0 Å². The van der Waals surface area contributed by atoms with Crippen molar-refractivity contribution in [3.63, 3.8) is 0 Å². The summed E-state index contributed by atoms with van der Waals surface area (Å²) in [4.78, 5) is 7.23. The first kappa shape index (κ1) is 15.2. The number of nitrogens with zero attached hydrogens (tertiary/aromatic N) is 2. The Balaban J connectivity index is 2.02. The van der Waals surface area contributed by atoms with Crippen molar-refractivity contribution in [2.75, 3.05) is 26.2 Å². The molecule has 1 unspecified atom stereocenters. The van der Waals surface area contributed by atoms with Crippen molar-refractivity contribution in [3.8, 4) is 0 Å². The monoisotopic (exact) mass is 295 g/mol. The van der Waals surface area contributed by atoms with Crippen molar-refractivity contribution in [2.45, 2.75) is 26.3 Å². The molecule has 116 valence electrons. The minimum atomic E-state index is 0.252. The van der Waals surface area contributed by atoms with Gasteiger partial charge in [-0.2, -0.15) is 0 Å². The van der Waals surface area contributed by atoms with E-state index < -0.39 is 0 Å². The van der Waals surface area contributed by atoms with Crippen LogP contribution in [0.4, 0.5) is 0 Å². The van der Waals surface area contributed by atoms with Crippen molar-refractivity contribution in [3.05, 3.63) is 65.0 Å². The highest BCUT2D eigenvalue weighted by Crippen LogP contribution is 2.30. The van der Waals surface area contributed by atoms with E-state index in [4.69, 9.17) is 0 Å². The maximum Gasteiger partial charge on any atom is 0.0779 e. The number of benzene rings is 1. The lowest BCUT2D eigenvalue weighted by Gasteiger charge is -2.31. The summed E-state index contributed by atoms with van der Waals surface area (Å²) >= 11 is 0. The zero-order valence-corrected chi connectivity index (χ0v) is 13.5. The van der Waals surface area contributed by atoms with Crippen molar-refractivity contribution >= 4 is 0 Å². The summed E-state index contributed by atoms with van der Waals surface area (Å²) in [6.45, 7) is 8.71. The number of pyridine rings is 1. The average Bonchev–Trinajstić information content (AvgIpc) is 2.80. The molecule has 3 nitrogen and oxygen atoms in total. The standard InChI is InChI=1S/C19H25N3/c1-15-7-8-17(16(2)14-15)19(18-6-3-4-10-21-18)22-12-5-9-20-11-13-22/h3-4,6-8,10,14,19-20H,5,9,11-13H2,1-2H3. The number of hydrogen-bond acceptors (Lipinski definition) is 3. The second-order valence-electron chi connectivity index (χ2n) is 6.16. The van der Waals surface area contributed by atoms with Crippen molar-refractivity contribution in [1.82, 2.24) is 15.2 Å². The first-order valence-corrected chi connectivity index (χ1v) is 8.18. The molecule has 22 heavy (non-hydrogen) atoms. The van der Waals surface area contributed by atoms with Crippen LogP contribution in [-0.2, 0) is 0 Å². The van der Waals surface area contributed by atoms with Crippen LogP contribution in [0, 0.1) is 13.8 Å². The lowest BCUT2D eigenvalue weighted by molar-refractivity contribution is 0.236. The zero-order chi connectivity index (χ0) is 15.4. The Morgan fingerprint density at radius 2 is 2.00 bits per heavy atom. The third kappa shape index (κ3) is 3.37. The first-order valence-electron chi connectivity index (χ1n) is 8.18. The number of aromatic nitrogens is 1. The first-order chi connectivity index (χ1) is 10.8. The quantitative estimate of drug-likeness (QED) is 0.943. The fourth-order valence-corrected chi connectivity index (χ4v) is 3.34. The molecule has 2 heterocycles. The smallest absolute Gasteiger partial charge is 0.0779 e. The van der Waals surface area contributed by atoms with Crippen LogP contribution in [0.1, 0.15) is 34.8 Å². The number of hydrogen-bond donors (Lipinski definition) is 1. The Hall–Kier alpha value is -1.71. The third-order valence-electron chi connectivity index (χ3n) is 4.43. The van der Waals surface area contributed by atoms with Gasteiger partial charge in [0.05, 0.1) is 11.7 Å². The SMILES string of the molecule is Cc1ccc(C(c2ccccn2)N2CCCNCC2)c(C)c1. The van der Waals surface area contributed by atoms with Gasteiger partial charge in [0.15, 0.2) is 0 Å². The van der Waals surface area contributed by atoms with Gasteiger partial charge in [0.1, 0.15) is 0 Å². The highest BCUT2D eigenvalue weighted by Gasteiger charge is 2.25. The molecule has 0 saturated carbocycles. The second kappa shape index (κ2) is 7.03. The van der Waals surface area contributed by atoms with Gasteiger partial charge in [-0.05, 0) is 50.1 Å². The van der Waals surface area contributed by atoms with Crippen LogP contribution >= 0.6 is 0 Å². The second-order valence-corrected chi connectivity index (χ2v) is 6.16. The molecule has 0 amide bonds. The van der Waals surface area contributed by atoms with Gasteiger partial charge in [-0.15, -0.1) is 0 Å². The Labute approximate surface area is 133 Å². The van der Waals surface area contributed by atoms with Gasteiger partial charge in [0.25, 0.3) is 0 Å². The normalized spacial score (nSPS) is 17.9. The fourth-order valence-electron chi connectivity index (χ4n) is 3.34. The minimum Gasteiger partial charge on any atom is -0.315 e. The molecule has 0 aliphatic carbocycles. The lowest BCUT2D eigenvalue weighted by Crippen LogP contribution is -2.33. The number of nitrogens with one attached hydrogen (secondary N) is 1. The summed E-state index contributed by atoms with van der Waals surface area (Å²) in [7, 11) is 0. The zero-order valence-electron chi connectivity index (χ0n) is 13.5. The van der Waals surface area contributed by atoms with Gasteiger partial charge >= 0.3 is 0 Å². The molecule has 1 aliphatic heterocycles. The molecule has 1 fully saturated rings. The summed E-state index contributed by atoms with van der Waals surface area (Å²) in [5.74, 6) is 0. The molecule has 3 rings (SSSR count). The maximum atomic E-state index is 4.66. The Kier molecular flexibility index (Phi) is 4.86. The van der Waals surface area contributed by atoms with Crippen LogP contribution in [0.25, 0.3) is 0 Å².